The minimum atomic E-state index is 0.875. The molecule has 8 aromatic carbocycles. The van der Waals surface area contributed by atoms with Gasteiger partial charge in [0.05, 0.1) is 16.1 Å². The molecular formula is C48H31NOS. The molecule has 2 aromatic heterocycles. The maximum Gasteiger partial charge on any atom is 0.159 e. The highest BCUT2D eigenvalue weighted by molar-refractivity contribution is 7.27. The standard InChI is InChI=1S/C48H31NOS/c1-3-14-32(15-4-1)36-18-7-8-19-37(36)34-28-30-35(31-29-34)49(43-25-12-22-40-39-20-9-10-27-45(39)50-46(40)43)44-26-13-24-42-41-23-11-21-38(47(41)51-48(42)44)33-16-5-2-6-17-33/h1-31H. The molecule has 10 aromatic rings. The van der Waals surface area contributed by atoms with Crippen molar-refractivity contribution in [3.63, 3.8) is 0 Å². The van der Waals surface area contributed by atoms with Gasteiger partial charge in [-0.2, -0.15) is 0 Å². The highest BCUT2D eigenvalue weighted by atomic mass is 32.1. The first kappa shape index (κ1) is 29.5. The summed E-state index contributed by atoms with van der Waals surface area (Å²) in [5.74, 6) is 0. The summed E-state index contributed by atoms with van der Waals surface area (Å²) >= 11 is 1.87. The van der Waals surface area contributed by atoms with Crippen LogP contribution in [0.5, 0.6) is 0 Å². The van der Waals surface area contributed by atoms with Crippen molar-refractivity contribution in [3.05, 3.63) is 188 Å². The number of hydrogen-bond donors (Lipinski definition) is 0. The molecule has 0 aliphatic rings. The summed E-state index contributed by atoms with van der Waals surface area (Å²) < 4.78 is 9.21. The average Bonchev–Trinajstić information content (AvgIpc) is 3.79. The molecule has 0 aliphatic heterocycles. The van der Waals surface area contributed by atoms with Crippen LogP contribution in [0.2, 0.25) is 0 Å². The zero-order valence-corrected chi connectivity index (χ0v) is 28.5. The van der Waals surface area contributed by atoms with Crippen molar-refractivity contribution in [1.82, 2.24) is 0 Å². The maximum atomic E-state index is 6.67. The van der Waals surface area contributed by atoms with Crippen LogP contribution in [0.25, 0.3) is 75.5 Å². The molecule has 3 heteroatoms. The Kier molecular flexibility index (Phi) is 7.04. The van der Waals surface area contributed by atoms with Gasteiger partial charge in [0.15, 0.2) is 5.58 Å². The molecule has 2 heterocycles. The summed E-state index contributed by atoms with van der Waals surface area (Å²) in [6.07, 6.45) is 0. The average molecular weight is 670 g/mol. The monoisotopic (exact) mass is 669 g/mol. The first-order chi connectivity index (χ1) is 25.3. The van der Waals surface area contributed by atoms with Crippen LogP contribution in [0.15, 0.2) is 192 Å². The minimum absolute atomic E-state index is 0.875. The topological polar surface area (TPSA) is 16.4 Å². The lowest BCUT2D eigenvalue weighted by Crippen LogP contribution is -2.10. The summed E-state index contributed by atoms with van der Waals surface area (Å²) in [6.45, 7) is 0. The van der Waals surface area contributed by atoms with Crippen LogP contribution in [-0.4, -0.2) is 0 Å². The maximum absolute atomic E-state index is 6.67. The zero-order valence-electron chi connectivity index (χ0n) is 27.7. The number of thiophene rings is 1. The predicted octanol–water partition coefficient (Wildman–Crippen LogP) is 14.4. The second-order valence-corrected chi connectivity index (χ2v) is 13.9. The third-order valence-electron chi connectivity index (χ3n) is 9.90. The number of para-hydroxylation sites is 2. The number of hydrogen-bond acceptors (Lipinski definition) is 3. The fourth-order valence-electron chi connectivity index (χ4n) is 7.54. The smallest absolute Gasteiger partial charge is 0.159 e. The molecule has 240 valence electrons. The molecule has 51 heavy (non-hydrogen) atoms. The number of fused-ring (bicyclic) bond motifs is 6. The highest BCUT2D eigenvalue weighted by Gasteiger charge is 2.23. The second kappa shape index (κ2) is 12.2. The molecule has 0 fully saturated rings. The largest absolute Gasteiger partial charge is 0.454 e. The third-order valence-corrected chi connectivity index (χ3v) is 11.2. The quantitative estimate of drug-likeness (QED) is 0.175. The van der Waals surface area contributed by atoms with E-state index in [9.17, 15) is 0 Å². The van der Waals surface area contributed by atoms with Crippen LogP contribution in [0.3, 0.4) is 0 Å². The fraction of sp³-hybridized carbons (Fsp3) is 0. The van der Waals surface area contributed by atoms with Crippen LogP contribution in [0.1, 0.15) is 0 Å². The molecule has 0 unspecified atom stereocenters. The van der Waals surface area contributed by atoms with Crippen molar-refractivity contribution >= 4 is 70.5 Å². The molecule has 0 amide bonds. The number of furan rings is 1. The van der Waals surface area contributed by atoms with Gasteiger partial charge in [0, 0.05) is 31.9 Å². The summed E-state index contributed by atoms with van der Waals surface area (Å²) in [4.78, 5) is 2.39. The van der Waals surface area contributed by atoms with E-state index >= 15 is 0 Å². The van der Waals surface area contributed by atoms with Crippen LogP contribution < -0.4 is 4.90 Å². The van der Waals surface area contributed by atoms with Crippen LogP contribution in [-0.2, 0) is 0 Å². The van der Waals surface area contributed by atoms with E-state index in [1.165, 1.54) is 53.6 Å². The molecule has 0 aliphatic carbocycles. The van der Waals surface area contributed by atoms with Crippen molar-refractivity contribution in [1.29, 1.82) is 0 Å². The molecule has 0 saturated carbocycles. The minimum Gasteiger partial charge on any atom is -0.454 e. The Morgan fingerprint density at radius 1 is 0.353 bits per heavy atom. The summed E-state index contributed by atoms with van der Waals surface area (Å²) in [5, 5.41) is 4.75. The molecule has 2 nitrogen and oxygen atoms in total. The first-order valence-corrected chi connectivity index (χ1v) is 18.1. The molecule has 10 rings (SSSR count). The number of rotatable bonds is 6. The zero-order chi connectivity index (χ0) is 33.7. The van der Waals surface area contributed by atoms with Crippen molar-refractivity contribution in [2.75, 3.05) is 4.90 Å². The van der Waals surface area contributed by atoms with Crippen LogP contribution in [0.4, 0.5) is 17.1 Å². The van der Waals surface area contributed by atoms with E-state index < -0.39 is 0 Å². The lowest BCUT2D eigenvalue weighted by Gasteiger charge is -2.26. The molecule has 0 atom stereocenters. The Bertz CT molecular complexity index is 2850. The van der Waals surface area contributed by atoms with Gasteiger partial charge in [-0.15, -0.1) is 11.3 Å². The third kappa shape index (κ3) is 4.93. The van der Waals surface area contributed by atoms with Gasteiger partial charge in [0.25, 0.3) is 0 Å². The van der Waals surface area contributed by atoms with Crippen LogP contribution in [0, 0.1) is 0 Å². The van der Waals surface area contributed by atoms with Crippen molar-refractivity contribution < 1.29 is 4.42 Å². The van der Waals surface area contributed by atoms with E-state index in [1.54, 1.807) is 0 Å². The molecule has 0 spiro atoms. The Morgan fingerprint density at radius 3 is 1.59 bits per heavy atom. The lowest BCUT2D eigenvalue weighted by molar-refractivity contribution is 0.669. The molecule has 0 bridgehead atoms. The fourth-order valence-corrected chi connectivity index (χ4v) is 8.88. The normalized spacial score (nSPS) is 11.5. The van der Waals surface area contributed by atoms with Crippen molar-refractivity contribution in [2.24, 2.45) is 0 Å². The number of anilines is 3. The van der Waals surface area contributed by atoms with E-state index in [-0.39, 0.29) is 0 Å². The van der Waals surface area contributed by atoms with E-state index in [1.807, 2.05) is 17.4 Å². The van der Waals surface area contributed by atoms with Gasteiger partial charge in [-0.1, -0.05) is 158 Å². The molecular weight excluding hydrogens is 639 g/mol. The number of nitrogens with zero attached hydrogens (tertiary/aromatic N) is 1. The SMILES string of the molecule is c1ccc(-c2ccccc2-c2ccc(N(c3cccc4c3oc3ccccc34)c3cccc4c3sc3c(-c5ccccc5)cccc34)cc2)cc1. The Balaban J connectivity index is 1.20. The van der Waals surface area contributed by atoms with E-state index in [0.717, 1.165) is 39.0 Å². The number of benzene rings is 8. The summed E-state index contributed by atoms with van der Waals surface area (Å²) in [7, 11) is 0. The summed E-state index contributed by atoms with van der Waals surface area (Å²) in [6, 6.07) is 67.2. The van der Waals surface area contributed by atoms with Gasteiger partial charge in [0.1, 0.15) is 5.58 Å². The van der Waals surface area contributed by atoms with Crippen molar-refractivity contribution in [2.45, 2.75) is 0 Å². The van der Waals surface area contributed by atoms with Gasteiger partial charge in [-0.25, -0.2) is 0 Å². The van der Waals surface area contributed by atoms with Gasteiger partial charge >= 0.3 is 0 Å². The van der Waals surface area contributed by atoms with Crippen molar-refractivity contribution in [3.8, 4) is 33.4 Å². The second-order valence-electron chi connectivity index (χ2n) is 12.9. The Hall–Kier alpha value is -6.42. The van der Waals surface area contributed by atoms with Gasteiger partial charge < -0.3 is 9.32 Å². The predicted molar refractivity (Wildman–Crippen MR) is 218 cm³/mol. The molecule has 0 N–H and O–H groups in total. The van der Waals surface area contributed by atoms with E-state index in [0.29, 0.717) is 0 Å². The molecule has 0 saturated heterocycles. The lowest BCUT2D eigenvalue weighted by atomic mass is 9.94. The summed E-state index contributed by atoms with van der Waals surface area (Å²) in [5.41, 5.74) is 12.3. The highest BCUT2D eigenvalue weighted by Crippen LogP contribution is 2.49. The Labute approximate surface area is 300 Å². The first-order valence-electron chi connectivity index (χ1n) is 17.3. The van der Waals surface area contributed by atoms with Gasteiger partial charge in [-0.3, -0.25) is 0 Å². The van der Waals surface area contributed by atoms with Crippen LogP contribution >= 0.6 is 11.3 Å². The molecule has 0 radical (unpaired) electrons. The van der Waals surface area contributed by atoms with Gasteiger partial charge in [-0.05, 0) is 63.7 Å². The van der Waals surface area contributed by atoms with Gasteiger partial charge in [0.2, 0.25) is 0 Å². The van der Waals surface area contributed by atoms with E-state index in [4.69, 9.17) is 4.42 Å². The Morgan fingerprint density at radius 2 is 0.863 bits per heavy atom. The van der Waals surface area contributed by atoms with E-state index in [2.05, 4.69) is 187 Å².